The van der Waals surface area contributed by atoms with Crippen molar-refractivity contribution in [3.8, 4) is 0 Å². The smallest absolute Gasteiger partial charge is 0.339 e. The zero-order valence-corrected chi connectivity index (χ0v) is 53.2. The van der Waals surface area contributed by atoms with Crippen molar-refractivity contribution in [2.45, 2.75) is 313 Å². The molecule has 1 aliphatic rings. The molecule has 11 heteroatoms. The Bertz CT molecular complexity index is 1500. The van der Waals surface area contributed by atoms with E-state index in [0.29, 0.717) is 57.7 Å². The molecule has 1 amide bonds. The van der Waals surface area contributed by atoms with Gasteiger partial charge >= 0.3 is 17.9 Å². The molecule has 0 N–H and O–H groups in total. The van der Waals surface area contributed by atoms with Gasteiger partial charge < -0.3 is 28.8 Å². The molecule has 2 heterocycles. The highest BCUT2D eigenvalue weighted by atomic mass is 32.1. The van der Waals surface area contributed by atoms with E-state index >= 15 is 0 Å². The number of ether oxygens (including phenoxy) is 3. The van der Waals surface area contributed by atoms with Gasteiger partial charge in [-0.3, -0.25) is 14.4 Å². The van der Waals surface area contributed by atoms with E-state index in [9.17, 15) is 24.0 Å². The van der Waals surface area contributed by atoms with Crippen molar-refractivity contribution >= 4 is 41.4 Å². The normalized spacial score (nSPS) is 11.8. The second-order valence-electron chi connectivity index (χ2n) is 21.6. The van der Waals surface area contributed by atoms with Crippen LogP contribution in [0.1, 0.15) is 319 Å². The quantitative estimate of drug-likeness (QED) is 0.0272. The highest BCUT2D eigenvalue weighted by molar-refractivity contribution is 7.12. The van der Waals surface area contributed by atoms with Crippen molar-refractivity contribution < 1.29 is 38.2 Å². The number of unbranched alkanes of at least 4 members (excludes halogenated alkanes) is 25. The first-order chi connectivity index (χ1) is 37.5. The maximum Gasteiger partial charge on any atom is 0.339 e. The Kier molecular flexibility index (Phi) is 56.0. The van der Waals surface area contributed by atoms with Crippen LogP contribution in [0.4, 0.5) is 0 Å². The second kappa shape index (κ2) is 56.5. The molecule has 0 spiro atoms. The van der Waals surface area contributed by atoms with Gasteiger partial charge in [0, 0.05) is 35.7 Å². The standard InChI is InChI=1S/C38H66N2O5S.C24H46O3.2C2H6/c1-6-8-10-12-14-17-22-32(23-18-15-13-11-9-7-2)37(42)44-28-20-16-19-24-35(41)40-27-25-33-34(30-40)46-31(3)36(33)38(43)45-29-21-26-39(4)5;1-3-5-7-9-11-15-19-23(20-16-12-10-8-6-4-2)24(26)27-22-18-14-13-17-21-25;2*1-2/h32H,6-30H2,1-5H3;21,23H,3-20,22H2,1-2H3;2*1-2H3. The highest BCUT2D eigenvalue weighted by Gasteiger charge is 2.29. The van der Waals surface area contributed by atoms with Crippen molar-refractivity contribution in [2.75, 3.05) is 47.0 Å². The highest BCUT2D eigenvalue weighted by Crippen LogP contribution is 2.34. The first kappa shape index (κ1) is 76.3. The Morgan fingerprint density at radius 1 is 0.532 bits per heavy atom. The van der Waals surface area contributed by atoms with E-state index in [4.69, 9.17) is 14.2 Å². The van der Waals surface area contributed by atoms with Crippen molar-refractivity contribution in [2.24, 2.45) is 11.8 Å². The third-order valence-corrected chi connectivity index (χ3v) is 15.7. The summed E-state index contributed by atoms with van der Waals surface area (Å²) in [5.41, 5.74) is 1.78. The van der Waals surface area contributed by atoms with Gasteiger partial charge in [0.05, 0.1) is 43.8 Å². The molecular formula is C66H124N2O8S. The summed E-state index contributed by atoms with van der Waals surface area (Å²) >= 11 is 1.62. The van der Waals surface area contributed by atoms with Crippen LogP contribution in [0.15, 0.2) is 0 Å². The first-order valence-corrected chi connectivity index (χ1v) is 33.3. The molecule has 1 aliphatic heterocycles. The molecule has 0 atom stereocenters. The van der Waals surface area contributed by atoms with Gasteiger partial charge in [0.25, 0.3) is 0 Å². The summed E-state index contributed by atoms with van der Waals surface area (Å²) in [6.45, 7) is 22.4. The maximum absolute atomic E-state index is 13.0. The Morgan fingerprint density at radius 2 is 0.922 bits per heavy atom. The van der Waals surface area contributed by atoms with E-state index in [1.165, 1.54) is 128 Å². The molecule has 0 radical (unpaired) electrons. The van der Waals surface area contributed by atoms with E-state index in [-0.39, 0.29) is 35.7 Å². The number of amides is 1. The predicted molar refractivity (Wildman–Crippen MR) is 328 cm³/mol. The molecule has 77 heavy (non-hydrogen) atoms. The Balaban J connectivity index is 0. The number of rotatable bonds is 47. The summed E-state index contributed by atoms with van der Waals surface area (Å²) in [6, 6.07) is 0. The van der Waals surface area contributed by atoms with Gasteiger partial charge in [-0.05, 0) is 104 Å². The van der Waals surface area contributed by atoms with Crippen LogP contribution in [-0.4, -0.2) is 86.9 Å². The minimum Gasteiger partial charge on any atom is -0.465 e. The molecule has 0 aliphatic carbocycles. The molecule has 0 saturated carbocycles. The number of hydrogen-bond donors (Lipinski definition) is 0. The Morgan fingerprint density at radius 3 is 1.34 bits per heavy atom. The van der Waals surface area contributed by atoms with E-state index in [2.05, 4.69) is 32.6 Å². The lowest BCUT2D eigenvalue weighted by Crippen LogP contribution is -2.35. The third-order valence-electron chi connectivity index (χ3n) is 14.6. The molecule has 0 bridgehead atoms. The molecule has 1 aromatic rings. The van der Waals surface area contributed by atoms with Crippen molar-refractivity contribution in [1.82, 2.24) is 9.80 Å². The monoisotopic (exact) mass is 1100 g/mol. The number of esters is 3. The number of hydrogen-bond acceptors (Lipinski definition) is 10. The zero-order chi connectivity index (χ0) is 57.6. The van der Waals surface area contributed by atoms with Crippen LogP contribution in [0.25, 0.3) is 0 Å². The summed E-state index contributed by atoms with van der Waals surface area (Å²) in [6.07, 6.45) is 42.8. The lowest BCUT2D eigenvalue weighted by atomic mass is 9.94. The van der Waals surface area contributed by atoms with Crippen LogP contribution in [-0.2, 0) is 46.4 Å². The van der Waals surface area contributed by atoms with Crippen LogP contribution in [0.2, 0.25) is 0 Å². The molecule has 0 saturated heterocycles. The topological polar surface area (TPSA) is 120 Å². The maximum atomic E-state index is 13.0. The Labute approximate surface area is 479 Å². The number of nitrogens with zero attached hydrogens (tertiary/aromatic N) is 2. The van der Waals surface area contributed by atoms with Gasteiger partial charge in [-0.25, -0.2) is 4.79 Å². The summed E-state index contributed by atoms with van der Waals surface area (Å²) in [5.74, 6) is 0.0780. The summed E-state index contributed by atoms with van der Waals surface area (Å²) < 4.78 is 16.9. The minimum atomic E-state index is -0.231. The first-order valence-electron chi connectivity index (χ1n) is 32.5. The number of aldehydes is 1. The number of thiophene rings is 1. The molecule has 10 nitrogen and oxygen atoms in total. The number of aryl methyl sites for hydroxylation is 1. The van der Waals surface area contributed by atoms with Crippen molar-refractivity contribution in [3.63, 3.8) is 0 Å². The van der Waals surface area contributed by atoms with Gasteiger partial charge in [-0.1, -0.05) is 209 Å². The lowest BCUT2D eigenvalue weighted by molar-refractivity contribution is -0.150. The average molecular weight is 1110 g/mol. The fraction of sp³-hybridized carbons (Fsp3) is 0.864. The van der Waals surface area contributed by atoms with E-state index in [1.807, 2.05) is 53.6 Å². The van der Waals surface area contributed by atoms with Crippen molar-refractivity contribution in [1.29, 1.82) is 0 Å². The van der Waals surface area contributed by atoms with Gasteiger partial charge in [-0.15, -0.1) is 11.3 Å². The van der Waals surface area contributed by atoms with Crippen LogP contribution in [0.3, 0.4) is 0 Å². The molecule has 2 rings (SSSR count). The molecule has 1 aromatic heterocycles. The summed E-state index contributed by atoms with van der Waals surface area (Å²) in [4.78, 5) is 67.7. The number of carbonyl (C=O) groups excluding carboxylic acids is 5. The van der Waals surface area contributed by atoms with Gasteiger partial charge in [0.1, 0.15) is 6.29 Å². The molecular weight excluding hydrogens is 981 g/mol. The minimum absolute atomic E-state index is 0.00892. The largest absolute Gasteiger partial charge is 0.465 e. The molecule has 452 valence electrons. The van der Waals surface area contributed by atoms with E-state index in [1.54, 1.807) is 11.3 Å². The van der Waals surface area contributed by atoms with Gasteiger partial charge in [-0.2, -0.15) is 0 Å². The summed E-state index contributed by atoms with van der Waals surface area (Å²) in [7, 11) is 4.02. The fourth-order valence-electron chi connectivity index (χ4n) is 9.88. The van der Waals surface area contributed by atoms with Crippen LogP contribution in [0.5, 0.6) is 0 Å². The lowest BCUT2D eigenvalue weighted by Gasteiger charge is -2.27. The molecule has 0 unspecified atom stereocenters. The molecule has 0 fully saturated rings. The summed E-state index contributed by atoms with van der Waals surface area (Å²) in [5, 5.41) is 0. The average Bonchev–Trinajstić information content (AvgIpc) is 3.78. The van der Waals surface area contributed by atoms with Gasteiger partial charge in [0.15, 0.2) is 0 Å². The van der Waals surface area contributed by atoms with Crippen LogP contribution >= 0.6 is 11.3 Å². The fourth-order valence-corrected chi connectivity index (χ4v) is 11.1. The number of carbonyl (C=O) groups is 5. The van der Waals surface area contributed by atoms with E-state index in [0.717, 1.165) is 124 Å². The number of fused-ring (bicyclic) bond motifs is 1. The van der Waals surface area contributed by atoms with Gasteiger partial charge in [0.2, 0.25) is 5.91 Å². The third kappa shape index (κ3) is 41.8. The van der Waals surface area contributed by atoms with E-state index < -0.39 is 0 Å². The molecule has 0 aromatic carbocycles. The predicted octanol–water partition coefficient (Wildman–Crippen LogP) is 18.7. The van der Waals surface area contributed by atoms with Crippen LogP contribution < -0.4 is 0 Å². The second-order valence-corrected chi connectivity index (χ2v) is 22.9. The Hall–Kier alpha value is -2.79. The van der Waals surface area contributed by atoms with Crippen molar-refractivity contribution in [3.05, 3.63) is 20.9 Å². The SMILES string of the molecule is CC.CC.CCCCCCCCC(CCCCCCCC)C(=O)OCCCCCC(=O)N1CCc2c(sc(C)c2C(=O)OCCCN(C)C)C1.CCCCCCCCC(CCCCCCCC)C(=O)OCCCCCC=O. The van der Waals surface area contributed by atoms with Crippen LogP contribution in [0, 0.1) is 18.8 Å². The zero-order valence-electron chi connectivity index (χ0n) is 52.4.